The minimum Gasteiger partial charge on any atom is -0.480 e. The van der Waals surface area contributed by atoms with Crippen LogP contribution in [0.4, 0.5) is 0 Å². The van der Waals surface area contributed by atoms with Gasteiger partial charge in [-0.2, -0.15) is 11.8 Å². The van der Waals surface area contributed by atoms with Crippen LogP contribution in [0.5, 0.6) is 0 Å². The summed E-state index contributed by atoms with van der Waals surface area (Å²) in [5, 5.41) is 16.9. The summed E-state index contributed by atoms with van der Waals surface area (Å²) in [6.45, 7) is 8.80. The Morgan fingerprint density at radius 2 is 1.45 bits per heavy atom. The van der Waals surface area contributed by atoms with Crippen molar-refractivity contribution in [1.29, 1.82) is 0 Å². The summed E-state index contributed by atoms with van der Waals surface area (Å²) in [6, 6.07) is -3.56. The Morgan fingerprint density at radius 1 is 0.897 bits per heavy atom. The number of hydrogen-bond acceptors (Lipinski definition) is 6. The number of amides is 3. The number of thioether (sulfide) groups is 1. The highest BCUT2D eigenvalue weighted by molar-refractivity contribution is 7.98. The van der Waals surface area contributed by atoms with Crippen molar-refractivity contribution in [1.82, 2.24) is 16.0 Å². The molecule has 0 bridgehead atoms. The number of carbonyl (C=O) groups is 4. The molecule has 0 aliphatic rings. The lowest BCUT2D eigenvalue weighted by atomic mass is 10.0. The topological polar surface area (TPSA) is 151 Å². The average Bonchev–Trinajstić information content (AvgIpc) is 2.62. The molecule has 3 amide bonds. The van der Waals surface area contributed by atoms with Gasteiger partial charge in [-0.1, -0.05) is 27.7 Å². The minimum atomic E-state index is -1.13. The van der Waals surface area contributed by atoms with Crippen LogP contribution in [0, 0.1) is 11.8 Å². The molecule has 0 aromatic heterocycles. The van der Waals surface area contributed by atoms with Gasteiger partial charge in [-0.05, 0) is 43.6 Å². The zero-order valence-corrected chi connectivity index (χ0v) is 19.0. The molecule has 0 aromatic rings. The van der Waals surface area contributed by atoms with Crippen LogP contribution in [0.3, 0.4) is 0 Å². The highest BCUT2D eigenvalue weighted by atomic mass is 32.2. The Morgan fingerprint density at radius 3 is 1.90 bits per heavy atom. The first-order valence-corrected chi connectivity index (χ1v) is 11.2. The predicted molar refractivity (Wildman–Crippen MR) is 114 cm³/mol. The molecule has 0 aromatic carbocycles. The highest BCUT2D eigenvalue weighted by Gasteiger charge is 2.28. The zero-order chi connectivity index (χ0) is 22.7. The van der Waals surface area contributed by atoms with E-state index in [1.807, 2.05) is 34.0 Å². The Hall–Kier alpha value is -1.81. The molecular formula is C19H36N4O5S. The van der Waals surface area contributed by atoms with E-state index in [2.05, 4.69) is 16.0 Å². The van der Waals surface area contributed by atoms with Crippen molar-refractivity contribution >= 4 is 35.5 Å². The summed E-state index contributed by atoms with van der Waals surface area (Å²) in [7, 11) is 0. The summed E-state index contributed by atoms with van der Waals surface area (Å²) in [4.78, 5) is 48.5. The van der Waals surface area contributed by atoms with Gasteiger partial charge in [-0.25, -0.2) is 4.79 Å². The molecule has 0 radical (unpaired) electrons. The van der Waals surface area contributed by atoms with Gasteiger partial charge in [0.1, 0.15) is 18.1 Å². The van der Waals surface area contributed by atoms with E-state index in [9.17, 15) is 24.3 Å². The third-order valence-corrected chi connectivity index (χ3v) is 4.98. The van der Waals surface area contributed by atoms with Gasteiger partial charge in [-0.3, -0.25) is 14.4 Å². The van der Waals surface area contributed by atoms with Crippen LogP contribution >= 0.6 is 11.8 Å². The van der Waals surface area contributed by atoms with E-state index >= 15 is 0 Å². The molecule has 0 saturated carbocycles. The van der Waals surface area contributed by atoms with Gasteiger partial charge in [0.2, 0.25) is 17.7 Å². The molecule has 10 heteroatoms. The molecule has 4 unspecified atom stereocenters. The lowest BCUT2D eigenvalue weighted by molar-refractivity contribution is -0.142. The summed E-state index contributed by atoms with van der Waals surface area (Å²) in [6.07, 6.45) is 2.54. The van der Waals surface area contributed by atoms with Gasteiger partial charge >= 0.3 is 5.97 Å². The van der Waals surface area contributed by atoms with E-state index < -0.39 is 47.9 Å². The van der Waals surface area contributed by atoms with Crippen LogP contribution in [0.15, 0.2) is 0 Å². The molecular weight excluding hydrogens is 396 g/mol. The van der Waals surface area contributed by atoms with Crippen molar-refractivity contribution in [3.05, 3.63) is 0 Å². The van der Waals surface area contributed by atoms with Crippen LogP contribution < -0.4 is 21.7 Å². The number of carbonyl (C=O) groups excluding carboxylic acids is 3. The van der Waals surface area contributed by atoms with E-state index in [1.54, 1.807) is 0 Å². The number of hydrogen-bond donors (Lipinski definition) is 5. The summed E-state index contributed by atoms with van der Waals surface area (Å²) in [5.41, 5.74) is 5.84. The highest BCUT2D eigenvalue weighted by Crippen LogP contribution is 2.06. The second-order valence-corrected chi connectivity index (χ2v) is 8.86. The molecule has 29 heavy (non-hydrogen) atoms. The quantitative estimate of drug-likeness (QED) is 0.281. The van der Waals surface area contributed by atoms with Crippen LogP contribution in [0.1, 0.15) is 47.5 Å². The molecule has 0 spiro atoms. The third kappa shape index (κ3) is 10.5. The van der Waals surface area contributed by atoms with E-state index in [0.717, 1.165) is 0 Å². The first-order chi connectivity index (χ1) is 13.4. The number of nitrogens with two attached hydrogens (primary N) is 1. The number of carboxylic acid groups (broad SMARTS) is 1. The van der Waals surface area contributed by atoms with E-state index in [1.165, 1.54) is 18.7 Å². The normalized spacial score (nSPS) is 15.3. The summed E-state index contributed by atoms with van der Waals surface area (Å²) >= 11 is 1.52. The Balaban J connectivity index is 5.01. The molecule has 0 heterocycles. The maximum Gasteiger partial charge on any atom is 0.326 e. The predicted octanol–water partition coefficient (Wildman–Crippen LogP) is 0.328. The van der Waals surface area contributed by atoms with Gasteiger partial charge < -0.3 is 26.8 Å². The lowest BCUT2D eigenvalue weighted by Crippen LogP contribution is -2.57. The van der Waals surface area contributed by atoms with Crippen molar-refractivity contribution in [2.45, 2.75) is 71.6 Å². The van der Waals surface area contributed by atoms with Gasteiger partial charge in [0.15, 0.2) is 0 Å². The molecule has 168 valence electrons. The molecule has 6 N–H and O–H groups in total. The lowest BCUT2D eigenvalue weighted by Gasteiger charge is -2.24. The zero-order valence-electron chi connectivity index (χ0n) is 18.2. The van der Waals surface area contributed by atoms with Crippen molar-refractivity contribution in [3.8, 4) is 0 Å². The fourth-order valence-electron chi connectivity index (χ4n) is 2.44. The van der Waals surface area contributed by atoms with E-state index in [4.69, 9.17) is 5.73 Å². The number of rotatable bonds is 13. The van der Waals surface area contributed by atoms with Gasteiger partial charge in [0.05, 0.1) is 6.04 Å². The van der Waals surface area contributed by atoms with Crippen LogP contribution in [-0.4, -0.2) is 65.0 Å². The molecule has 0 rings (SSSR count). The summed E-state index contributed by atoms with van der Waals surface area (Å²) < 4.78 is 0. The first-order valence-electron chi connectivity index (χ1n) is 9.79. The van der Waals surface area contributed by atoms with Gasteiger partial charge in [0, 0.05) is 0 Å². The Bertz CT molecular complexity index is 571. The SMILES string of the molecule is CSCCC(NC(=O)C(N)C(C)C)C(=O)NC(C)C(=O)NC(CC(C)C)C(=O)O. The molecule has 4 atom stereocenters. The Kier molecular flexibility index (Phi) is 12.6. The van der Waals surface area contributed by atoms with Crippen LogP contribution in [0.25, 0.3) is 0 Å². The van der Waals surface area contributed by atoms with Gasteiger partial charge in [0.25, 0.3) is 0 Å². The fraction of sp³-hybridized carbons (Fsp3) is 0.789. The number of nitrogens with one attached hydrogen (secondary N) is 3. The second kappa shape index (κ2) is 13.4. The Labute approximate surface area is 177 Å². The monoisotopic (exact) mass is 432 g/mol. The van der Waals surface area contributed by atoms with Crippen molar-refractivity contribution in [2.75, 3.05) is 12.0 Å². The number of carboxylic acids is 1. The van der Waals surface area contributed by atoms with Crippen molar-refractivity contribution in [3.63, 3.8) is 0 Å². The van der Waals surface area contributed by atoms with Crippen LogP contribution in [0.2, 0.25) is 0 Å². The number of aliphatic carboxylic acids is 1. The molecule has 0 fully saturated rings. The molecule has 0 aliphatic heterocycles. The third-order valence-electron chi connectivity index (χ3n) is 4.34. The first kappa shape index (κ1) is 27.2. The second-order valence-electron chi connectivity index (χ2n) is 7.87. The van der Waals surface area contributed by atoms with E-state index in [0.29, 0.717) is 12.2 Å². The molecule has 9 nitrogen and oxygen atoms in total. The standard InChI is InChI=1S/C19H36N4O5S/c1-10(2)9-14(19(27)28)23-16(24)12(5)21-17(25)13(7-8-29-6)22-18(26)15(20)11(3)4/h10-15H,7-9,20H2,1-6H3,(H,21,25)(H,22,26)(H,23,24)(H,27,28). The minimum absolute atomic E-state index is 0.0811. The summed E-state index contributed by atoms with van der Waals surface area (Å²) in [5.74, 6) is -2.04. The molecule has 0 aliphatic carbocycles. The van der Waals surface area contributed by atoms with Crippen molar-refractivity contribution in [2.24, 2.45) is 17.6 Å². The fourth-order valence-corrected chi connectivity index (χ4v) is 2.92. The smallest absolute Gasteiger partial charge is 0.326 e. The van der Waals surface area contributed by atoms with E-state index in [-0.39, 0.29) is 18.3 Å². The largest absolute Gasteiger partial charge is 0.480 e. The maximum atomic E-state index is 12.6. The van der Waals surface area contributed by atoms with Crippen LogP contribution in [-0.2, 0) is 19.2 Å². The van der Waals surface area contributed by atoms with Gasteiger partial charge in [-0.15, -0.1) is 0 Å². The maximum absolute atomic E-state index is 12.6. The van der Waals surface area contributed by atoms with Crippen molar-refractivity contribution < 1.29 is 24.3 Å². The average molecular weight is 433 g/mol. The molecule has 0 saturated heterocycles.